The number of hydrogen-bond acceptors (Lipinski definition) is 4. The number of benzene rings is 1. The minimum Gasteiger partial charge on any atom is -0.493 e. The van der Waals surface area contributed by atoms with E-state index < -0.39 is 6.10 Å². The van der Waals surface area contributed by atoms with E-state index in [9.17, 15) is 5.11 Å². The molecular weight excluding hydrogens is 254 g/mol. The molecule has 0 aliphatic carbocycles. The minimum atomic E-state index is -0.462. The van der Waals surface area contributed by atoms with Gasteiger partial charge in [-0.2, -0.15) is 0 Å². The first-order valence-electron chi connectivity index (χ1n) is 7.03. The van der Waals surface area contributed by atoms with Gasteiger partial charge in [0, 0.05) is 6.04 Å². The van der Waals surface area contributed by atoms with Gasteiger partial charge in [0.15, 0.2) is 11.5 Å². The lowest BCUT2D eigenvalue weighted by atomic mass is 9.84. The third-order valence-electron chi connectivity index (χ3n) is 3.50. The van der Waals surface area contributed by atoms with Crippen molar-refractivity contribution in [3.63, 3.8) is 0 Å². The third kappa shape index (κ3) is 4.12. The third-order valence-corrected chi connectivity index (χ3v) is 3.50. The largest absolute Gasteiger partial charge is 0.493 e. The molecular formula is C16H27NO3. The lowest BCUT2D eigenvalue weighted by Crippen LogP contribution is -2.49. The molecule has 0 heterocycles. The Labute approximate surface area is 121 Å². The average molecular weight is 281 g/mol. The van der Waals surface area contributed by atoms with Crippen LogP contribution in [0, 0.1) is 5.41 Å². The molecule has 0 aliphatic heterocycles. The molecule has 4 nitrogen and oxygen atoms in total. The molecule has 1 aromatic carbocycles. The van der Waals surface area contributed by atoms with Crippen molar-refractivity contribution >= 4 is 0 Å². The number of methoxy groups -OCH3 is 1. The minimum absolute atomic E-state index is 0.128. The van der Waals surface area contributed by atoms with Crippen molar-refractivity contribution in [2.45, 2.75) is 46.3 Å². The molecule has 0 amide bonds. The number of hydrogen-bond donors (Lipinski definition) is 2. The van der Waals surface area contributed by atoms with Crippen LogP contribution in [0.25, 0.3) is 0 Å². The number of rotatable bonds is 6. The molecule has 0 aliphatic rings. The molecule has 1 rings (SSSR count). The number of aryl methyl sites for hydroxylation is 1. The van der Waals surface area contributed by atoms with Gasteiger partial charge in [-0.1, -0.05) is 33.8 Å². The zero-order chi connectivity index (χ0) is 15.3. The smallest absolute Gasteiger partial charge is 0.161 e. The van der Waals surface area contributed by atoms with Crippen molar-refractivity contribution in [3.8, 4) is 11.5 Å². The van der Waals surface area contributed by atoms with Crippen LogP contribution in [0.15, 0.2) is 18.2 Å². The van der Waals surface area contributed by atoms with E-state index in [0.29, 0.717) is 11.5 Å². The first-order valence-corrected chi connectivity index (χ1v) is 7.03. The van der Waals surface area contributed by atoms with Gasteiger partial charge in [-0.25, -0.2) is 0 Å². The molecule has 1 aromatic rings. The second-order valence-corrected chi connectivity index (χ2v) is 6.07. The molecule has 2 unspecified atom stereocenters. The van der Waals surface area contributed by atoms with Gasteiger partial charge in [0.1, 0.15) is 6.10 Å². The van der Waals surface area contributed by atoms with E-state index in [1.807, 2.05) is 39.0 Å². The fourth-order valence-corrected chi connectivity index (χ4v) is 1.97. The van der Waals surface area contributed by atoms with Crippen LogP contribution in [0.5, 0.6) is 11.5 Å². The zero-order valence-electron chi connectivity index (χ0n) is 13.1. The SMILES string of the molecule is CCc1ccc(OC(CO)C(N)C(C)(C)C)c(OC)c1. The molecule has 0 saturated carbocycles. The lowest BCUT2D eigenvalue weighted by molar-refractivity contribution is 0.0571. The van der Waals surface area contributed by atoms with Gasteiger partial charge in [0.05, 0.1) is 13.7 Å². The van der Waals surface area contributed by atoms with Gasteiger partial charge in [0.2, 0.25) is 0 Å². The fraction of sp³-hybridized carbons (Fsp3) is 0.625. The molecule has 3 N–H and O–H groups in total. The van der Waals surface area contributed by atoms with Gasteiger partial charge >= 0.3 is 0 Å². The van der Waals surface area contributed by atoms with E-state index in [0.717, 1.165) is 6.42 Å². The summed E-state index contributed by atoms with van der Waals surface area (Å²) in [6.07, 6.45) is 0.470. The van der Waals surface area contributed by atoms with Crippen LogP contribution in [-0.2, 0) is 6.42 Å². The van der Waals surface area contributed by atoms with Crippen LogP contribution >= 0.6 is 0 Å². The van der Waals surface area contributed by atoms with Crippen LogP contribution in [0.4, 0.5) is 0 Å². The first-order chi connectivity index (χ1) is 9.33. The second kappa shape index (κ2) is 6.95. The topological polar surface area (TPSA) is 64.7 Å². The van der Waals surface area contributed by atoms with Crippen molar-refractivity contribution in [3.05, 3.63) is 23.8 Å². The van der Waals surface area contributed by atoms with Gasteiger partial charge in [-0.05, 0) is 29.5 Å². The maximum absolute atomic E-state index is 9.54. The molecule has 0 fully saturated rings. The Balaban J connectivity index is 2.95. The highest BCUT2D eigenvalue weighted by Gasteiger charge is 2.30. The Morgan fingerprint density at radius 3 is 2.35 bits per heavy atom. The van der Waals surface area contributed by atoms with Crippen molar-refractivity contribution in [2.75, 3.05) is 13.7 Å². The average Bonchev–Trinajstić information content (AvgIpc) is 2.42. The molecule has 0 radical (unpaired) electrons. The highest BCUT2D eigenvalue weighted by atomic mass is 16.5. The van der Waals surface area contributed by atoms with E-state index in [4.69, 9.17) is 15.2 Å². The predicted octanol–water partition coefficient (Wildman–Crippen LogP) is 2.37. The predicted molar refractivity (Wildman–Crippen MR) is 81.3 cm³/mol. The van der Waals surface area contributed by atoms with E-state index in [-0.39, 0.29) is 18.1 Å². The normalized spacial score (nSPS) is 14.8. The molecule has 20 heavy (non-hydrogen) atoms. The molecule has 0 bridgehead atoms. The van der Waals surface area contributed by atoms with Gasteiger partial charge in [-0.3, -0.25) is 0 Å². The Bertz CT molecular complexity index is 426. The molecule has 2 atom stereocenters. The first kappa shape index (κ1) is 16.8. The highest BCUT2D eigenvalue weighted by Crippen LogP contribution is 2.31. The molecule has 0 saturated heterocycles. The summed E-state index contributed by atoms with van der Waals surface area (Å²) >= 11 is 0. The van der Waals surface area contributed by atoms with Crippen LogP contribution in [0.1, 0.15) is 33.3 Å². The molecule has 4 heteroatoms. The van der Waals surface area contributed by atoms with Crippen LogP contribution in [-0.4, -0.2) is 31.0 Å². The number of aliphatic hydroxyl groups excluding tert-OH is 1. The summed E-state index contributed by atoms with van der Waals surface area (Å²) in [5.74, 6) is 1.28. The summed E-state index contributed by atoms with van der Waals surface area (Å²) in [5.41, 5.74) is 7.20. The Hall–Kier alpha value is -1.26. The van der Waals surface area contributed by atoms with E-state index in [2.05, 4.69) is 6.92 Å². The fourth-order valence-electron chi connectivity index (χ4n) is 1.97. The monoisotopic (exact) mass is 281 g/mol. The van der Waals surface area contributed by atoms with E-state index in [1.54, 1.807) is 7.11 Å². The van der Waals surface area contributed by atoms with Crippen LogP contribution < -0.4 is 15.2 Å². The van der Waals surface area contributed by atoms with Gasteiger partial charge in [0.25, 0.3) is 0 Å². The summed E-state index contributed by atoms with van der Waals surface area (Å²) in [6.45, 7) is 8.04. The Morgan fingerprint density at radius 2 is 1.90 bits per heavy atom. The zero-order valence-corrected chi connectivity index (χ0v) is 13.1. The van der Waals surface area contributed by atoms with Crippen molar-refractivity contribution in [1.82, 2.24) is 0 Å². The van der Waals surface area contributed by atoms with Crippen molar-refractivity contribution < 1.29 is 14.6 Å². The summed E-state index contributed by atoms with van der Waals surface area (Å²) < 4.78 is 11.2. The van der Waals surface area contributed by atoms with Gasteiger partial charge in [-0.15, -0.1) is 0 Å². The maximum atomic E-state index is 9.54. The molecule has 114 valence electrons. The number of aliphatic hydroxyl groups is 1. The Morgan fingerprint density at radius 1 is 1.25 bits per heavy atom. The van der Waals surface area contributed by atoms with Crippen LogP contribution in [0.2, 0.25) is 0 Å². The van der Waals surface area contributed by atoms with Gasteiger partial charge < -0.3 is 20.3 Å². The van der Waals surface area contributed by atoms with E-state index in [1.165, 1.54) is 5.56 Å². The standard InChI is InChI=1S/C16H27NO3/c1-6-11-7-8-12(13(9-11)19-5)20-14(10-18)15(17)16(2,3)4/h7-9,14-15,18H,6,10,17H2,1-5H3. The number of nitrogens with two attached hydrogens (primary N) is 1. The van der Waals surface area contributed by atoms with Crippen molar-refractivity contribution in [2.24, 2.45) is 11.1 Å². The summed E-state index contributed by atoms with van der Waals surface area (Å²) in [6, 6.07) is 5.54. The molecule has 0 aromatic heterocycles. The summed E-state index contributed by atoms with van der Waals surface area (Å²) in [7, 11) is 1.61. The van der Waals surface area contributed by atoms with E-state index >= 15 is 0 Å². The maximum Gasteiger partial charge on any atom is 0.161 e. The molecule has 0 spiro atoms. The highest BCUT2D eigenvalue weighted by molar-refractivity contribution is 5.43. The second-order valence-electron chi connectivity index (χ2n) is 6.07. The van der Waals surface area contributed by atoms with Crippen LogP contribution in [0.3, 0.4) is 0 Å². The Kier molecular flexibility index (Phi) is 5.84. The number of ether oxygens (including phenoxy) is 2. The van der Waals surface area contributed by atoms with Crippen molar-refractivity contribution in [1.29, 1.82) is 0 Å². The summed E-state index contributed by atoms with van der Waals surface area (Å²) in [4.78, 5) is 0. The quantitative estimate of drug-likeness (QED) is 0.840. The lowest BCUT2D eigenvalue weighted by Gasteiger charge is -2.33. The summed E-state index contributed by atoms with van der Waals surface area (Å²) in [5, 5.41) is 9.54.